The highest BCUT2D eigenvalue weighted by molar-refractivity contribution is 5.88. The summed E-state index contributed by atoms with van der Waals surface area (Å²) in [4.78, 5) is 57.9. The van der Waals surface area contributed by atoms with Crippen LogP contribution in [0.15, 0.2) is 42.5 Å². The molecule has 0 spiro atoms. The third-order valence-electron chi connectivity index (χ3n) is 7.39. The molecule has 46 heavy (non-hydrogen) atoms. The van der Waals surface area contributed by atoms with Crippen LogP contribution in [0.3, 0.4) is 0 Å². The molecule has 1 aliphatic rings. The summed E-state index contributed by atoms with van der Waals surface area (Å²) >= 11 is 0. The number of carbonyl (C=O) groups is 4. The Morgan fingerprint density at radius 1 is 1.02 bits per heavy atom. The van der Waals surface area contributed by atoms with Crippen molar-refractivity contribution in [1.29, 1.82) is 0 Å². The van der Waals surface area contributed by atoms with Gasteiger partial charge in [-0.25, -0.2) is 19.4 Å². The van der Waals surface area contributed by atoms with E-state index in [1.54, 1.807) is 4.90 Å². The van der Waals surface area contributed by atoms with Gasteiger partial charge in [-0.2, -0.15) is 0 Å². The standard InChI is InChI=1S/C34H49N5O7/c1-25(40)35-19-23-38(22-18-29(31(41)44-5)37-32(42)45-24-26-12-7-6-8-13-26)20-10-9-15-28-17-16-27-14-11-21-39(30(27)36-28)33(43)46-34(2,3)4/h6-8,12-13,16-17,29H,9-11,14-15,18-24H2,1-5H3,(H,35,40)(H,37,42)/t29-/m1/s1. The van der Waals surface area contributed by atoms with Gasteiger partial charge in [0.1, 0.15) is 24.1 Å². The van der Waals surface area contributed by atoms with E-state index in [4.69, 9.17) is 19.2 Å². The van der Waals surface area contributed by atoms with Crippen LogP contribution in [0, 0.1) is 0 Å². The molecule has 252 valence electrons. The number of hydrogen-bond acceptors (Lipinski definition) is 9. The summed E-state index contributed by atoms with van der Waals surface area (Å²) in [5, 5.41) is 5.45. The van der Waals surface area contributed by atoms with Gasteiger partial charge in [-0.15, -0.1) is 0 Å². The molecule has 12 heteroatoms. The maximum absolute atomic E-state index is 12.8. The van der Waals surface area contributed by atoms with Gasteiger partial charge in [0, 0.05) is 38.8 Å². The Morgan fingerprint density at radius 3 is 2.48 bits per heavy atom. The number of amides is 3. The minimum absolute atomic E-state index is 0.0848. The Morgan fingerprint density at radius 2 is 1.78 bits per heavy atom. The van der Waals surface area contributed by atoms with Crippen LogP contribution in [0.25, 0.3) is 0 Å². The van der Waals surface area contributed by atoms with Crippen molar-refractivity contribution in [2.24, 2.45) is 0 Å². The molecule has 3 amide bonds. The quantitative estimate of drug-likeness (QED) is 0.165. The topological polar surface area (TPSA) is 139 Å². The van der Waals surface area contributed by atoms with Crippen LogP contribution in [-0.2, 0) is 43.2 Å². The maximum Gasteiger partial charge on any atom is 0.416 e. The Kier molecular flexibility index (Phi) is 14.3. The molecule has 1 aromatic heterocycles. The number of benzene rings is 1. The highest BCUT2D eigenvalue weighted by atomic mass is 16.6. The molecule has 1 atom stereocenters. The second kappa shape index (κ2) is 18.1. The monoisotopic (exact) mass is 639 g/mol. The highest BCUT2D eigenvalue weighted by Crippen LogP contribution is 2.27. The van der Waals surface area contributed by atoms with Gasteiger partial charge < -0.3 is 29.7 Å². The van der Waals surface area contributed by atoms with Crippen LogP contribution in [0.4, 0.5) is 15.4 Å². The van der Waals surface area contributed by atoms with Crippen molar-refractivity contribution in [2.45, 2.75) is 84.5 Å². The lowest BCUT2D eigenvalue weighted by atomic mass is 10.0. The van der Waals surface area contributed by atoms with E-state index in [2.05, 4.69) is 21.6 Å². The van der Waals surface area contributed by atoms with E-state index in [9.17, 15) is 19.2 Å². The maximum atomic E-state index is 12.8. The van der Waals surface area contributed by atoms with Crippen molar-refractivity contribution in [2.75, 3.05) is 44.7 Å². The van der Waals surface area contributed by atoms with E-state index in [1.165, 1.54) is 14.0 Å². The largest absolute Gasteiger partial charge is 0.467 e. The summed E-state index contributed by atoms with van der Waals surface area (Å²) in [6, 6.07) is 12.5. The lowest BCUT2D eigenvalue weighted by molar-refractivity contribution is -0.143. The van der Waals surface area contributed by atoms with Gasteiger partial charge in [-0.1, -0.05) is 36.4 Å². The average Bonchev–Trinajstić information content (AvgIpc) is 3.02. The van der Waals surface area contributed by atoms with Crippen molar-refractivity contribution in [3.63, 3.8) is 0 Å². The van der Waals surface area contributed by atoms with E-state index in [-0.39, 0.29) is 18.6 Å². The number of anilines is 1. The molecule has 0 radical (unpaired) electrons. The summed E-state index contributed by atoms with van der Waals surface area (Å²) in [6.45, 7) is 9.92. The average molecular weight is 640 g/mol. The summed E-state index contributed by atoms with van der Waals surface area (Å²) in [6.07, 6.45) is 3.38. The zero-order chi connectivity index (χ0) is 33.5. The van der Waals surface area contributed by atoms with Crippen molar-refractivity contribution < 1.29 is 33.4 Å². The number of nitrogens with zero attached hydrogens (tertiary/aromatic N) is 3. The van der Waals surface area contributed by atoms with Gasteiger partial charge in [0.15, 0.2) is 0 Å². The van der Waals surface area contributed by atoms with E-state index in [0.29, 0.717) is 45.0 Å². The molecule has 2 N–H and O–H groups in total. The molecular formula is C34H49N5O7. The van der Waals surface area contributed by atoms with E-state index >= 15 is 0 Å². The SMILES string of the molecule is COC(=O)[C@@H](CCN(CCCCc1ccc2c(n1)N(C(=O)OC(C)(C)C)CCC2)CCNC(C)=O)NC(=O)OCc1ccccc1. The molecule has 3 rings (SSSR count). The van der Waals surface area contributed by atoms with Crippen LogP contribution >= 0.6 is 0 Å². The normalized spacial score (nSPS) is 13.4. The van der Waals surface area contributed by atoms with Crippen LogP contribution < -0.4 is 15.5 Å². The molecule has 0 unspecified atom stereocenters. The third kappa shape index (κ3) is 12.7. The van der Waals surface area contributed by atoms with Gasteiger partial charge in [-0.05, 0) is 83.0 Å². The first-order valence-corrected chi connectivity index (χ1v) is 16.0. The molecule has 0 bridgehead atoms. The molecule has 12 nitrogen and oxygen atoms in total. The first-order valence-electron chi connectivity index (χ1n) is 16.0. The number of pyridine rings is 1. The first-order chi connectivity index (χ1) is 21.9. The number of aromatic nitrogens is 1. The van der Waals surface area contributed by atoms with Gasteiger partial charge in [0.2, 0.25) is 5.91 Å². The minimum Gasteiger partial charge on any atom is -0.467 e. The van der Waals surface area contributed by atoms with Crippen LogP contribution in [0.1, 0.15) is 70.2 Å². The van der Waals surface area contributed by atoms with E-state index in [1.807, 2.05) is 57.2 Å². The smallest absolute Gasteiger partial charge is 0.416 e. The number of ether oxygens (including phenoxy) is 3. The Labute approximate surface area is 272 Å². The Hall–Kier alpha value is -4.19. The predicted molar refractivity (Wildman–Crippen MR) is 174 cm³/mol. The Balaban J connectivity index is 1.55. The fourth-order valence-corrected chi connectivity index (χ4v) is 5.09. The van der Waals surface area contributed by atoms with Crippen molar-refractivity contribution in [3.05, 3.63) is 59.3 Å². The van der Waals surface area contributed by atoms with Crippen LogP contribution in [0.2, 0.25) is 0 Å². The number of methoxy groups -OCH3 is 1. The lowest BCUT2D eigenvalue weighted by Gasteiger charge is -2.31. The zero-order valence-corrected chi connectivity index (χ0v) is 27.8. The second-order valence-corrected chi connectivity index (χ2v) is 12.4. The third-order valence-corrected chi connectivity index (χ3v) is 7.39. The number of aryl methyl sites for hydroxylation is 2. The number of nitrogens with one attached hydrogen (secondary N) is 2. The summed E-state index contributed by atoms with van der Waals surface area (Å²) in [5.74, 6) is 0.00471. The molecule has 0 saturated carbocycles. The van der Waals surface area contributed by atoms with E-state index < -0.39 is 23.7 Å². The molecular weight excluding hydrogens is 590 g/mol. The summed E-state index contributed by atoms with van der Waals surface area (Å²) < 4.78 is 15.8. The minimum atomic E-state index is -0.885. The van der Waals surface area contributed by atoms with E-state index in [0.717, 1.165) is 48.9 Å². The molecule has 2 heterocycles. The molecule has 0 fully saturated rings. The van der Waals surface area contributed by atoms with Crippen LogP contribution in [-0.4, -0.2) is 85.4 Å². The number of carbonyl (C=O) groups excluding carboxylic acids is 4. The number of fused-ring (bicyclic) bond motifs is 1. The number of hydrogen-bond donors (Lipinski definition) is 2. The predicted octanol–water partition coefficient (Wildman–Crippen LogP) is 4.39. The van der Waals surface area contributed by atoms with Gasteiger partial charge in [-0.3, -0.25) is 9.69 Å². The molecule has 0 aliphatic carbocycles. The molecule has 1 aliphatic heterocycles. The number of unbranched alkanes of at least 4 members (excludes halogenated alkanes) is 1. The molecule has 2 aromatic rings. The van der Waals surface area contributed by atoms with Crippen molar-refractivity contribution in [1.82, 2.24) is 20.5 Å². The van der Waals surface area contributed by atoms with Crippen LogP contribution in [0.5, 0.6) is 0 Å². The van der Waals surface area contributed by atoms with Gasteiger partial charge >= 0.3 is 18.2 Å². The molecule has 0 saturated heterocycles. The second-order valence-electron chi connectivity index (χ2n) is 12.4. The Bertz CT molecular complexity index is 1300. The number of esters is 1. The fraction of sp³-hybridized carbons (Fsp3) is 0.559. The highest BCUT2D eigenvalue weighted by Gasteiger charge is 2.29. The van der Waals surface area contributed by atoms with Gasteiger partial charge in [0.25, 0.3) is 0 Å². The van der Waals surface area contributed by atoms with Gasteiger partial charge in [0.05, 0.1) is 7.11 Å². The first kappa shape index (κ1) is 36.3. The lowest BCUT2D eigenvalue weighted by Crippen LogP contribution is -2.44. The number of alkyl carbamates (subject to hydrolysis) is 1. The van der Waals surface area contributed by atoms with Crippen molar-refractivity contribution in [3.8, 4) is 0 Å². The van der Waals surface area contributed by atoms with Crippen molar-refractivity contribution >= 4 is 29.9 Å². The zero-order valence-electron chi connectivity index (χ0n) is 27.8. The summed E-state index contributed by atoms with van der Waals surface area (Å²) in [5.41, 5.74) is 2.20. The number of rotatable bonds is 15. The fourth-order valence-electron chi connectivity index (χ4n) is 5.09. The molecule has 1 aromatic carbocycles. The summed E-state index contributed by atoms with van der Waals surface area (Å²) in [7, 11) is 1.28.